The van der Waals surface area contributed by atoms with Crippen molar-refractivity contribution in [1.82, 2.24) is 20.2 Å². The van der Waals surface area contributed by atoms with Gasteiger partial charge >= 0.3 is 0 Å². The maximum Gasteiger partial charge on any atom is 0.201 e. The highest BCUT2D eigenvalue weighted by molar-refractivity contribution is 6.41. The van der Waals surface area contributed by atoms with Crippen LogP contribution in [0.2, 0.25) is 10.0 Å². The lowest BCUT2D eigenvalue weighted by molar-refractivity contribution is -0.116. The fourth-order valence-corrected chi connectivity index (χ4v) is 3.03. The fraction of sp³-hybridized carbons (Fsp3) is 0.389. The van der Waals surface area contributed by atoms with E-state index in [2.05, 4.69) is 15.5 Å². The lowest BCUT2D eigenvalue weighted by atomic mass is 9.98. The summed E-state index contributed by atoms with van der Waals surface area (Å²) in [6.07, 6.45) is 4.21. The zero-order chi connectivity index (χ0) is 20.1. The van der Waals surface area contributed by atoms with E-state index in [0.717, 1.165) is 12.8 Å². The Morgan fingerprint density at radius 3 is 2.75 bits per heavy atom. The van der Waals surface area contributed by atoms with Crippen molar-refractivity contribution in [2.24, 2.45) is 5.92 Å². The number of rotatable bonds is 10. The monoisotopic (exact) mass is 424 g/mol. The standard InChI is InChI=1S/C18H18Cl2N4O4/c1-2-27-9-13(16(25)11-3-4-11)17(26)12-5-6-14(19)18(15(12)20)28-8-7-24-10-21-22-23-24/h5-6,9-11H,2-4,7-8H2,1H3/b13-9-. The summed E-state index contributed by atoms with van der Waals surface area (Å²) in [6, 6.07) is 2.98. The number of carbonyl (C=O) groups excluding carboxylic acids is 2. The van der Waals surface area contributed by atoms with Crippen LogP contribution >= 0.6 is 23.2 Å². The predicted molar refractivity (Wildman–Crippen MR) is 102 cm³/mol. The summed E-state index contributed by atoms with van der Waals surface area (Å²) >= 11 is 12.6. The zero-order valence-electron chi connectivity index (χ0n) is 15.1. The molecule has 0 spiro atoms. The van der Waals surface area contributed by atoms with Crippen LogP contribution in [0.5, 0.6) is 5.75 Å². The third-order valence-corrected chi connectivity index (χ3v) is 4.75. The first-order chi connectivity index (χ1) is 13.5. The smallest absolute Gasteiger partial charge is 0.201 e. The summed E-state index contributed by atoms with van der Waals surface area (Å²) in [7, 11) is 0. The third kappa shape index (κ3) is 4.69. The zero-order valence-corrected chi connectivity index (χ0v) is 16.6. The van der Waals surface area contributed by atoms with E-state index >= 15 is 0 Å². The fourth-order valence-electron chi connectivity index (χ4n) is 2.46. The van der Waals surface area contributed by atoms with Crippen molar-refractivity contribution < 1.29 is 19.1 Å². The van der Waals surface area contributed by atoms with Crippen molar-refractivity contribution in [3.8, 4) is 5.75 Å². The maximum atomic E-state index is 13.0. The number of carbonyl (C=O) groups is 2. The number of aromatic nitrogens is 4. The van der Waals surface area contributed by atoms with Crippen LogP contribution in [0.1, 0.15) is 30.1 Å². The SMILES string of the molecule is CCO/C=C(\C(=O)c1ccc(Cl)c(OCCn2cnnn2)c1Cl)C(=O)C1CC1. The van der Waals surface area contributed by atoms with Gasteiger partial charge in [0.25, 0.3) is 0 Å². The van der Waals surface area contributed by atoms with E-state index in [-0.39, 0.29) is 45.2 Å². The number of benzene rings is 1. The van der Waals surface area contributed by atoms with E-state index in [9.17, 15) is 9.59 Å². The summed E-state index contributed by atoms with van der Waals surface area (Å²) in [5, 5.41) is 11.1. The number of ether oxygens (including phenoxy) is 2. The molecule has 0 atom stereocenters. The minimum Gasteiger partial charge on any atom is -0.501 e. The van der Waals surface area contributed by atoms with E-state index in [1.807, 2.05) is 0 Å². The second-order valence-electron chi connectivity index (χ2n) is 6.11. The molecule has 0 saturated heterocycles. The van der Waals surface area contributed by atoms with Gasteiger partial charge in [-0.15, -0.1) is 5.10 Å². The van der Waals surface area contributed by atoms with Crippen LogP contribution in [-0.2, 0) is 16.1 Å². The first-order valence-corrected chi connectivity index (χ1v) is 9.50. The molecule has 0 amide bonds. The van der Waals surface area contributed by atoms with Gasteiger partial charge in [-0.3, -0.25) is 9.59 Å². The van der Waals surface area contributed by atoms with Crippen LogP contribution in [-0.4, -0.2) is 45.0 Å². The number of ketones is 2. The second kappa shape index (κ2) is 9.16. The molecule has 0 unspecified atom stereocenters. The lowest BCUT2D eigenvalue weighted by Gasteiger charge is -2.13. The molecule has 1 aliphatic rings. The van der Waals surface area contributed by atoms with E-state index in [1.54, 1.807) is 6.92 Å². The quantitative estimate of drug-likeness (QED) is 0.190. The van der Waals surface area contributed by atoms with Gasteiger partial charge in [-0.1, -0.05) is 23.2 Å². The van der Waals surface area contributed by atoms with Crippen molar-refractivity contribution >= 4 is 34.8 Å². The van der Waals surface area contributed by atoms with Crippen molar-refractivity contribution in [1.29, 1.82) is 0 Å². The first kappa shape index (κ1) is 20.3. The van der Waals surface area contributed by atoms with Gasteiger partial charge in [0, 0.05) is 11.5 Å². The Kier molecular flexibility index (Phi) is 6.64. The van der Waals surface area contributed by atoms with Gasteiger partial charge < -0.3 is 9.47 Å². The Morgan fingerprint density at radius 1 is 1.32 bits per heavy atom. The molecule has 1 fully saturated rings. The van der Waals surface area contributed by atoms with Gasteiger partial charge in [0.15, 0.2) is 11.5 Å². The Hall–Kier alpha value is -2.45. The van der Waals surface area contributed by atoms with Crippen LogP contribution in [0, 0.1) is 5.92 Å². The van der Waals surface area contributed by atoms with Crippen molar-refractivity contribution in [2.75, 3.05) is 13.2 Å². The minimum atomic E-state index is -0.516. The van der Waals surface area contributed by atoms with Gasteiger partial charge in [-0.2, -0.15) is 0 Å². The van der Waals surface area contributed by atoms with Crippen LogP contribution in [0.25, 0.3) is 0 Å². The van der Waals surface area contributed by atoms with Gasteiger partial charge in [-0.25, -0.2) is 4.68 Å². The molecule has 0 bridgehead atoms. The van der Waals surface area contributed by atoms with Crippen molar-refractivity contribution in [3.63, 3.8) is 0 Å². The van der Waals surface area contributed by atoms with Gasteiger partial charge in [0.2, 0.25) is 5.78 Å². The normalized spacial score (nSPS) is 14.0. The molecule has 1 aliphatic carbocycles. The third-order valence-electron chi connectivity index (χ3n) is 4.08. The first-order valence-electron chi connectivity index (χ1n) is 8.75. The van der Waals surface area contributed by atoms with Crippen molar-refractivity contribution in [2.45, 2.75) is 26.3 Å². The Balaban J connectivity index is 1.81. The summed E-state index contributed by atoms with van der Waals surface area (Å²) in [5.41, 5.74) is 0.108. The summed E-state index contributed by atoms with van der Waals surface area (Å²) in [6.45, 7) is 2.67. The highest BCUT2D eigenvalue weighted by atomic mass is 35.5. The van der Waals surface area contributed by atoms with E-state index in [4.69, 9.17) is 32.7 Å². The number of nitrogens with zero attached hydrogens (tertiary/aromatic N) is 4. The van der Waals surface area contributed by atoms with E-state index in [0.29, 0.717) is 13.2 Å². The number of allylic oxidation sites excluding steroid dienone is 1. The van der Waals surface area contributed by atoms with Crippen LogP contribution in [0.4, 0.5) is 0 Å². The molecule has 10 heteroatoms. The molecule has 2 aromatic rings. The van der Waals surface area contributed by atoms with Crippen molar-refractivity contribution in [3.05, 3.63) is 45.9 Å². The second-order valence-corrected chi connectivity index (χ2v) is 6.90. The van der Waals surface area contributed by atoms with Gasteiger partial charge in [-0.05, 0) is 42.3 Å². The maximum absolute atomic E-state index is 13.0. The van der Waals surface area contributed by atoms with Crippen LogP contribution in [0.3, 0.4) is 0 Å². The molecule has 1 heterocycles. The number of tetrazole rings is 1. The summed E-state index contributed by atoms with van der Waals surface area (Å²) in [4.78, 5) is 25.5. The van der Waals surface area contributed by atoms with E-state index < -0.39 is 5.78 Å². The Morgan fingerprint density at radius 2 is 2.11 bits per heavy atom. The number of Topliss-reactive ketones (excluding diaryl/α,β-unsaturated/α-hetero) is 2. The highest BCUT2D eigenvalue weighted by Crippen LogP contribution is 2.38. The molecule has 1 aromatic heterocycles. The van der Waals surface area contributed by atoms with Gasteiger partial charge in [0.05, 0.1) is 29.5 Å². The molecule has 8 nitrogen and oxygen atoms in total. The molecule has 0 N–H and O–H groups in total. The Labute approximate surface area is 171 Å². The topological polar surface area (TPSA) is 96.2 Å². The van der Waals surface area contributed by atoms with Crippen LogP contribution in [0.15, 0.2) is 30.3 Å². The minimum absolute atomic E-state index is 0.0202. The molecule has 1 saturated carbocycles. The average Bonchev–Trinajstić information content (AvgIpc) is 3.41. The molecule has 28 heavy (non-hydrogen) atoms. The summed E-state index contributed by atoms with van der Waals surface area (Å²) < 4.78 is 12.3. The number of hydrogen-bond donors (Lipinski definition) is 0. The molecule has 3 rings (SSSR count). The number of halogens is 2. The Bertz CT molecular complexity index is 895. The predicted octanol–water partition coefficient (Wildman–Crippen LogP) is 3.14. The average molecular weight is 425 g/mol. The number of hydrogen-bond acceptors (Lipinski definition) is 7. The van der Waals surface area contributed by atoms with Crippen LogP contribution < -0.4 is 4.74 Å². The lowest BCUT2D eigenvalue weighted by Crippen LogP contribution is -2.16. The van der Waals surface area contributed by atoms with Gasteiger partial charge in [0.1, 0.15) is 18.5 Å². The molecule has 148 valence electrons. The molecule has 1 aromatic carbocycles. The summed E-state index contributed by atoms with van der Waals surface area (Å²) in [5.74, 6) is -0.714. The molecule has 0 aliphatic heterocycles. The largest absolute Gasteiger partial charge is 0.501 e. The van der Waals surface area contributed by atoms with E-state index in [1.165, 1.54) is 29.4 Å². The molecular formula is C18H18Cl2N4O4. The highest BCUT2D eigenvalue weighted by Gasteiger charge is 2.36. The molecule has 0 radical (unpaired) electrons. The molecular weight excluding hydrogens is 407 g/mol.